The number of nitrogens with one attached hydrogen (secondary N) is 1. The van der Waals surface area contributed by atoms with Gasteiger partial charge < -0.3 is 38.9 Å². The van der Waals surface area contributed by atoms with Crippen LogP contribution in [0.2, 0.25) is 0 Å². The lowest BCUT2D eigenvalue weighted by Gasteiger charge is -2.35. The zero-order chi connectivity index (χ0) is 22.5. The molecule has 1 amide bonds. The molecule has 1 aliphatic carbocycles. The molecular weight excluding hydrogens is 416 g/mol. The van der Waals surface area contributed by atoms with Crippen molar-refractivity contribution in [3.8, 4) is 0 Å². The van der Waals surface area contributed by atoms with Crippen molar-refractivity contribution < 1.29 is 4.79 Å². The van der Waals surface area contributed by atoms with Gasteiger partial charge >= 0.3 is 0 Å². The number of hydrogen-bond acceptors (Lipinski definition) is 11. The fourth-order valence-corrected chi connectivity index (χ4v) is 4.88. The minimum atomic E-state index is -0.572. The Morgan fingerprint density at radius 1 is 1.03 bits per heavy atom. The van der Waals surface area contributed by atoms with Crippen LogP contribution in [0.5, 0.6) is 0 Å². The highest BCUT2D eigenvalue weighted by molar-refractivity contribution is 7.98. The number of aromatic nitrogens is 3. The average molecular weight is 453 g/mol. The van der Waals surface area contributed by atoms with Crippen LogP contribution in [-0.2, 0) is 4.79 Å². The lowest BCUT2D eigenvalue weighted by Crippen LogP contribution is -2.53. The van der Waals surface area contributed by atoms with Crippen LogP contribution >= 0.6 is 11.8 Å². The van der Waals surface area contributed by atoms with E-state index in [4.69, 9.17) is 33.7 Å². The first-order chi connectivity index (χ1) is 14.7. The van der Waals surface area contributed by atoms with E-state index in [-0.39, 0.29) is 30.1 Å². The molecule has 174 valence electrons. The molecule has 0 spiro atoms. The molecule has 1 aromatic heterocycles. The number of anilines is 2. The van der Waals surface area contributed by atoms with E-state index in [1.54, 1.807) is 11.8 Å². The Balaban J connectivity index is 1.92. The molecular formula is C19H36N10OS. The number of carbonyl (C=O) groups excluding carboxylic acids is 1. The van der Waals surface area contributed by atoms with Gasteiger partial charge in [0.2, 0.25) is 17.8 Å². The Bertz CT molecular complexity index is 688. The van der Waals surface area contributed by atoms with E-state index in [9.17, 15) is 4.79 Å². The molecule has 2 heterocycles. The van der Waals surface area contributed by atoms with Crippen molar-refractivity contribution in [2.45, 2.75) is 68.2 Å². The van der Waals surface area contributed by atoms with Gasteiger partial charge in [-0.05, 0) is 44.1 Å². The van der Waals surface area contributed by atoms with Gasteiger partial charge in [0.25, 0.3) is 0 Å². The van der Waals surface area contributed by atoms with Crippen molar-refractivity contribution in [3.05, 3.63) is 5.82 Å². The third-order valence-corrected chi connectivity index (χ3v) is 6.49. The SMILES string of the molecule is CSCC[C@H](Nc1nc(C2C[C@@H](N)C[C@@H](N)C2)nc(N2C[C@H](N)C[C@H](N)C2)n1)C(N)=O. The third-order valence-electron chi connectivity index (χ3n) is 5.84. The first kappa shape index (κ1) is 23.9. The van der Waals surface area contributed by atoms with E-state index >= 15 is 0 Å². The van der Waals surface area contributed by atoms with Crippen LogP contribution in [0, 0.1) is 0 Å². The molecule has 11 nitrogen and oxygen atoms in total. The van der Waals surface area contributed by atoms with Crippen molar-refractivity contribution in [2.24, 2.45) is 28.7 Å². The second-order valence-corrected chi connectivity index (χ2v) is 9.77. The minimum absolute atomic E-state index is 0.00199. The molecule has 1 unspecified atom stereocenters. The predicted molar refractivity (Wildman–Crippen MR) is 125 cm³/mol. The number of rotatable bonds is 8. The molecule has 2 fully saturated rings. The number of primary amides is 1. The number of hydrogen-bond donors (Lipinski definition) is 6. The number of nitrogens with two attached hydrogens (primary N) is 5. The molecule has 0 aromatic carbocycles. The van der Waals surface area contributed by atoms with Crippen molar-refractivity contribution in [3.63, 3.8) is 0 Å². The van der Waals surface area contributed by atoms with E-state index in [0.29, 0.717) is 37.2 Å². The summed E-state index contributed by atoms with van der Waals surface area (Å²) in [6.45, 7) is 1.21. The normalized spacial score (nSPS) is 30.1. The molecule has 1 aromatic rings. The fourth-order valence-electron chi connectivity index (χ4n) is 4.41. The Labute approximate surface area is 187 Å². The van der Waals surface area contributed by atoms with Crippen LogP contribution in [0.15, 0.2) is 0 Å². The van der Waals surface area contributed by atoms with E-state index in [1.165, 1.54) is 0 Å². The summed E-state index contributed by atoms with van der Waals surface area (Å²) < 4.78 is 0. The molecule has 1 saturated heterocycles. The van der Waals surface area contributed by atoms with Crippen LogP contribution in [0.1, 0.15) is 43.8 Å². The second kappa shape index (κ2) is 10.7. The molecule has 11 N–H and O–H groups in total. The number of piperidine rings is 1. The first-order valence-corrected chi connectivity index (χ1v) is 12.2. The first-order valence-electron chi connectivity index (χ1n) is 10.8. The highest BCUT2D eigenvalue weighted by atomic mass is 32.2. The number of thioether (sulfide) groups is 1. The van der Waals surface area contributed by atoms with Gasteiger partial charge in [-0.2, -0.15) is 26.7 Å². The standard InChI is InChI=1S/C19H36N10OS/c1-31-3-2-15(16(24)30)25-18-26-17(10-4-11(20)6-12(21)5-10)27-19(28-18)29-8-13(22)7-14(23)9-29/h10-15H,2-9,20-23H2,1H3,(H2,24,30)(H,25,26,27,28)/t10?,11-,12+,13-,14+,15-/m0/s1. The highest BCUT2D eigenvalue weighted by Crippen LogP contribution is 2.31. The van der Waals surface area contributed by atoms with Gasteiger partial charge in [-0.3, -0.25) is 4.79 Å². The summed E-state index contributed by atoms with van der Waals surface area (Å²) in [6.07, 6.45) is 5.60. The molecule has 6 atom stereocenters. The lowest BCUT2D eigenvalue weighted by atomic mass is 9.83. The van der Waals surface area contributed by atoms with Crippen LogP contribution in [0.25, 0.3) is 0 Å². The van der Waals surface area contributed by atoms with Crippen molar-refractivity contribution in [1.29, 1.82) is 0 Å². The van der Waals surface area contributed by atoms with Crippen LogP contribution < -0.4 is 38.9 Å². The summed E-state index contributed by atoms with van der Waals surface area (Å²) in [6, 6.07) is -0.685. The van der Waals surface area contributed by atoms with Crippen LogP contribution in [-0.4, -0.2) is 76.2 Å². The van der Waals surface area contributed by atoms with Gasteiger partial charge in [-0.25, -0.2) is 0 Å². The van der Waals surface area contributed by atoms with Gasteiger partial charge in [0, 0.05) is 43.2 Å². The molecule has 0 radical (unpaired) electrons. The molecule has 3 rings (SSSR count). The molecule has 2 aliphatic rings. The topological polar surface area (TPSA) is 201 Å². The summed E-state index contributed by atoms with van der Waals surface area (Å²) in [5.41, 5.74) is 30.4. The number of amides is 1. The number of nitrogens with zero attached hydrogens (tertiary/aromatic N) is 4. The predicted octanol–water partition coefficient (Wildman–Crippen LogP) is -1.32. The Kier molecular flexibility index (Phi) is 8.28. The van der Waals surface area contributed by atoms with Crippen molar-refractivity contribution in [1.82, 2.24) is 15.0 Å². The maximum absolute atomic E-state index is 12.0. The quantitative estimate of drug-likeness (QED) is 0.273. The average Bonchev–Trinajstić information content (AvgIpc) is 2.69. The highest BCUT2D eigenvalue weighted by Gasteiger charge is 2.31. The summed E-state index contributed by atoms with van der Waals surface area (Å²) >= 11 is 1.65. The van der Waals surface area contributed by atoms with Crippen molar-refractivity contribution >= 4 is 29.6 Å². The second-order valence-electron chi connectivity index (χ2n) is 8.78. The van der Waals surface area contributed by atoms with Gasteiger partial charge in [0.05, 0.1) is 0 Å². The van der Waals surface area contributed by atoms with Gasteiger partial charge in [0.15, 0.2) is 0 Å². The molecule has 1 aliphatic heterocycles. The Hall–Kier alpha value is -1.73. The lowest BCUT2D eigenvalue weighted by molar-refractivity contribution is -0.118. The van der Waals surface area contributed by atoms with Crippen LogP contribution in [0.4, 0.5) is 11.9 Å². The monoisotopic (exact) mass is 452 g/mol. The van der Waals surface area contributed by atoms with E-state index < -0.39 is 11.9 Å². The minimum Gasteiger partial charge on any atom is -0.368 e. The van der Waals surface area contributed by atoms with Gasteiger partial charge in [-0.15, -0.1) is 0 Å². The fraction of sp³-hybridized carbons (Fsp3) is 0.789. The summed E-state index contributed by atoms with van der Waals surface area (Å²) in [7, 11) is 0. The molecule has 31 heavy (non-hydrogen) atoms. The molecule has 1 saturated carbocycles. The maximum Gasteiger partial charge on any atom is 0.240 e. The summed E-state index contributed by atoms with van der Waals surface area (Å²) in [4.78, 5) is 27.9. The largest absolute Gasteiger partial charge is 0.368 e. The number of carbonyl (C=O) groups is 1. The molecule has 12 heteroatoms. The van der Waals surface area contributed by atoms with E-state index in [2.05, 4.69) is 15.3 Å². The smallest absolute Gasteiger partial charge is 0.240 e. The third kappa shape index (κ3) is 6.62. The van der Waals surface area contributed by atoms with Crippen molar-refractivity contribution in [2.75, 3.05) is 35.3 Å². The Morgan fingerprint density at radius 2 is 1.65 bits per heavy atom. The Morgan fingerprint density at radius 3 is 2.23 bits per heavy atom. The molecule has 0 bridgehead atoms. The van der Waals surface area contributed by atoms with Gasteiger partial charge in [0.1, 0.15) is 11.9 Å². The van der Waals surface area contributed by atoms with Gasteiger partial charge in [-0.1, -0.05) is 0 Å². The summed E-state index contributed by atoms with van der Waals surface area (Å²) in [5, 5.41) is 3.12. The van der Waals surface area contributed by atoms with E-state index in [0.717, 1.165) is 31.4 Å². The van der Waals surface area contributed by atoms with Crippen LogP contribution in [0.3, 0.4) is 0 Å². The van der Waals surface area contributed by atoms with E-state index in [1.807, 2.05) is 11.2 Å². The zero-order valence-electron chi connectivity index (χ0n) is 18.1. The zero-order valence-corrected chi connectivity index (χ0v) is 18.9. The maximum atomic E-state index is 12.0. The summed E-state index contributed by atoms with van der Waals surface area (Å²) in [5.74, 6) is 1.81.